The molecule has 114 valence electrons. The summed E-state index contributed by atoms with van der Waals surface area (Å²) in [7, 11) is 3.78. The smallest absolute Gasteiger partial charge is 0.321 e. The standard InChI is InChI=1S/C16H23N3O2/c1-10-4-7-14(21-10)15(17-2)11-5-6-13-12(8-11)9-19(3)16(20)18-13/h5-6,8,10,14-15,17H,4,7,9H2,1-3H3,(H,18,20). The van der Waals surface area contributed by atoms with Gasteiger partial charge in [-0.05, 0) is 44.0 Å². The maximum absolute atomic E-state index is 11.7. The molecule has 2 aliphatic heterocycles. The number of amides is 2. The highest BCUT2D eigenvalue weighted by Crippen LogP contribution is 2.32. The maximum atomic E-state index is 11.7. The van der Waals surface area contributed by atoms with Crippen LogP contribution in [0.1, 0.15) is 36.9 Å². The molecule has 0 aromatic heterocycles. The largest absolute Gasteiger partial charge is 0.373 e. The summed E-state index contributed by atoms with van der Waals surface area (Å²) in [6.45, 7) is 2.78. The highest BCUT2D eigenvalue weighted by molar-refractivity contribution is 5.92. The highest BCUT2D eigenvalue weighted by atomic mass is 16.5. The van der Waals surface area contributed by atoms with Crippen LogP contribution in [0.2, 0.25) is 0 Å². The van der Waals surface area contributed by atoms with Gasteiger partial charge in [-0.25, -0.2) is 4.79 Å². The van der Waals surface area contributed by atoms with Crippen molar-refractivity contribution in [1.82, 2.24) is 10.2 Å². The van der Waals surface area contributed by atoms with Gasteiger partial charge in [0.2, 0.25) is 0 Å². The number of ether oxygens (including phenoxy) is 1. The lowest BCUT2D eigenvalue weighted by atomic mass is 9.96. The molecule has 1 aromatic carbocycles. The van der Waals surface area contributed by atoms with Crippen molar-refractivity contribution < 1.29 is 9.53 Å². The van der Waals surface area contributed by atoms with Crippen molar-refractivity contribution in [2.45, 2.75) is 44.6 Å². The number of nitrogens with zero attached hydrogens (tertiary/aromatic N) is 1. The Bertz CT molecular complexity index is 546. The van der Waals surface area contributed by atoms with E-state index in [2.05, 4.69) is 29.7 Å². The van der Waals surface area contributed by atoms with E-state index in [9.17, 15) is 4.79 Å². The summed E-state index contributed by atoms with van der Waals surface area (Å²) in [5.74, 6) is 0. The second-order valence-corrected chi connectivity index (χ2v) is 6.03. The molecule has 2 heterocycles. The molecule has 3 rings (SSSR count). The number of nitrogens with one attached hydrogen (secondary N) is 2. The van der Waals surface area contributed by atoms with Gasteiger partial charge in [-0.15, -0.1) is 0 Å². The van der Waals surface area contributed by atoms with Gasteiger partial charge in [-0.1, -0.05) is 12.1 Å². The first-order valence-electron chi connectivity index (χ1n) is 7.56. The highest BCUT2D eigenvalue weighted by Gasteiger charge is 2.30. The molecule has 21 heavy (non-hydrogen) atoms. The zero-order chi connectivity index (χ0) is 15.0. The maximum Gasteiger partial charge on any atom is 0.321 e. The summed E-state index contributed by atoms with van der Waals surface area (Å²) in [5.41, 5.74) is 3.29. The van der Waals surface area contributed by atoms with Crippen molar-refractivity contribution in [3.8, 4) is 0 Å². The van der Waals surface area contributed by atoms with E-state index in [1.165, 1.54) is 5.56 Å². The fraction of sp³-hybridized carbons (Fsp3) is 0.562. The van der Waals surface area contributed by atoms with Gasteiger partial charge >= 0.3 is 6.03 Å². The number of carbonyl (C=O) groups excluding carboxylic acids is 1. The summed E-state index contributed by atoms with van der Waals surface area (Å²) in [5, 5.41) is 6.29. The van der Waals surface area contributed by atoms with Crippen molar-refractivity contribution >= 4 is 11.7 Å². The summed E-state index contributed by atoms with van der Waals surface area (Å²) < 4.78 is 6.01. The number of carbonyl (C=O) groups is 1. The van der Waals surface area contributed by atoms with Gasteiger partial charge in [0, 0.05) is 19.3 Å². The Kier molecular flexibility index (Phi) is 3.87. The van der Waals surface area contributed by atoms with Gasteiger partial charge < -0.3 is 20.3 Å². The minimum absolute atomic E-state index is 0.0478. The van der Waals surface area contributed by atoms with E-state index < -0.39 is 0 Å². The lowest BCUT2D eigenvalue weighted by molar-refractivity contribution is 0.0333. The van der Waals surface area contributed by atoms with Crippen molar-refractivity contribution in [2.75, 3.05) is 19.4 Å². The summed E-state index contributed by atoms with van der Waals surface area (Å²) in [6, 6.07) is 6.41. The predicted molar refractivity (Wildman–Crippen MR) is 82.3 cm³/mol. The van der Waals surface area contributed by atoms with Crippen LogP contribution in [-0.4, -0.2) is 37.2 Å². The number of hydrogen-bond acceptors (Lipinski definition) is 3. The Morgan fingerprint density at radius 1 is 1.43 bits per heavy atom. The SMILES string of the molecule is CNC(c1ccc2c(c1)CN(C)C(=O)N2)C1CCC(C)O1. The van der Waals surface area contributed by atoms with Crippen LogP contribution in [0.4, 0.5) is 10.5 Å². The number of hydrogen-bond donors (Lipinski definition) is 2. The van der Waals surface area contributed by atoms with E-state index >= 15 is 0 Å². The molecule has 2 amide bonds. The predicted octanol–water partition coefficient (Wildman–Crippen LogP) is 2.49. The number of anilines is 1. The van der Waals surface area contributed by atoms with E-state index in [1.54, 1.807) is 4.90 Å². The molecule has 1 saturated heterocycles. The third-order valence-corrected chi connectivity index (χ3v) is 4.43. The third kappa shape index (κ3) is 2.76. The van der Waals surface area contributed by atoms with Crippen LogP contribution in [0, 0.1) is 0 Å². The first-order chi connectivity index (χ1) is 10.1. The van der Waals surface area contributed by atoms with Crippen molar-refractivity contribution in [3.05, 3.63) is 29.3 Å². The average Bonchev–Trinajstić information content (AvgIpc) is 2.87. The van der Waals surface area contributed by atoms with E-state index in [-0.39, 0.29) is 18.2 Å². The Morgan fingerprint density at radius 2 is 2.24 bits per heavy atom. The van der Waals surface area contributed by atoms with Crippen LogP contribution in [-0.2, 0) is 11.3 Å². The summed E-state index contributed by atoms with van der Waals surface area (Å²) in [6.07, 6.45) is 2.76. The van der Waals surface area contributed by atoms with E-state index in [0.717, 1.165) is 24.1 Å². The van der Waals surface area contributed by atoms with E-state index in [0.29, 0.717) is 12.6 Å². The van der Waals surface area contributed by atoms with Crippen LogP contribution in [0.25, 0.3) is 0 Å². The molecule has 1 fully saturated rings. The second-order valence-electron chi connectivity index (χ2n) is 6.03. The molecule has 5 heteroatoms. The molecule has 2 N–H and O–H groups in total. The normalized spacial score (nSPS) is 26.4. The minimum atomic E-state index is -0.0478. The van der Waals surface area contributed by atoms with Crippen molar-refractivity contribution in [1.29, 1.82) is 0 Å². The van der Waals surface area contributed by atoms with Gasteiger partial charge in [-0.3, -0.25) is 0 Å². The van der Waals surface area contributed by atoms with E-state index in [4.69, 9.17) is 4.74 Å². The van der Waals surface area contributed by atoms with E-state index in [1.807, 2.05) is 20.2 Å². The van der Waals surface area contributed by atoms with Crippen LogP contribution in [0.5, 0.6) is 0 Å². The monoisotopic (exact) mass is 289 g/mol. The fourth-order valence-corrected chi connectivity index (χ4v) is 3.24. The molecule has 0 aliphatic carbocycles. The number of benzene rings is 1. The first-order valence-corrected chi connectivity index (χ1v) is 7.56. The number of urea groups is 1. The second kappa shape index (κ2) is 5.66. The molecule has 3 atom stereocenters. The molecular weight excluding hydrogens is 266 g/mol. The number of fused-ring (bicyclic) bond motifs is 1. The molecule has 2 aliphatic rings. The van der Waals surface area contributed by atoms with Gasteiger partial charge in [0.05, 0.1) is 18.2 Å². The molecule has 1 aromatic rings. The average molecular weight is 289 g/mol. The topological polar surface area (TPSA) is 53.6 Å². The Morgan fingerprint density at radius 3 is 2.90 bits per heavy atom. The van der Waals surface area contributed by atoms with Crippen LogP contribution < -0.4 is 10.6 Å². The molecule has 3 unspecified atom stereocenters. The molecule has 5 nitrogen and oxygen atoms in total. The lowest BCUT2D eigenvalue weighted by Crippen LogP contribution is -2.36. The molecule has 0 radical (unpaired) electrons. The van der Waals surface area contributed by atoms with Gasteiger partial charge in [0.1, 0.15) is 0 Å². The van der Waals surface area contributed by atoms with Gasteiger partial charge in [-0.2, -0.15) is 0 Å². The minimum Gasteiger partial charge on any atom is -0.373 e. The van der Waals surface area contributed by atoms with Crippen molar-refractivity contribution in [3.63, 3.8) is 0 Å². The summed E-state index contributed by atoms with van der Waals surface area (Å²) in [4.78, 5) is 13.3. The number of likely N-dealkylation sites (N-methyl/N-ethyl adjacent to an activating group) is 1. The Balaban J connectivity index is 1.85. The third-order valence-electron chi connectivity index (χ3n) is 4.43. The zero-order valence-electron chi connectivity index (χ0n) is 12.8. The lowest BCUT2D eigenvalue weighted by Gasteiger charge is -2.29. The number of rotatable bonds is 3. The summed E-state index contributed by atoms with van der Waals surface area (Å²) >= 11 is 0. The fourth-order valence-electron chi connectivity index (χ4n) is 3.24. The van der Waals surface area contributed by atoms with Crippen LogP contribution >= 0.6 is 0 Å². The Hall–Kier alpha value is -1.59. The molecule has 0 spiro atoms. The molecule has 0 saturated carbocycles. The van der Waals surface area contributed by atoms with Gasteiger partial charge in [0.15, 0.2) is 0 Å². The quantitative estimate of drug-likeness (QED) is 0.899. The first kappa shape index (κ1) is 14.4. The zero-order valence-corrected chi connectivity index (χ0v) is 12.8. The van der Waals surface area contributed by atoms with Crippen LogP contribution in [0.3, 0.4) is 0 Å². The molecular formula is C16H23N3O2. The molecule has 0 bridgehead atoms. The van der Waals surface area contributed by atoms with Crippen LogP contribution in [0.15, 0.2) is 18.2 Å². The van der Waals surface area contributed by atoms with Gasteiger partial charge in [0.25, 0.3) is 0 Å². The van der Waals surface area contributed by atoms with Crippen molar-refractivity contribution in [2.24, 2.45) is 0 Å². The Labute approximate surface area is 125 Å².